The van der Waals surface area contributed by atoms with Crippen LogP contribution >= 0.6 is 0 Å². The largest absolute Gasteiger partial charge is 0.439 e. The van der Waals surface area contributed by atoms with Crippen molar-refractivity contribution < 1.29 is 13.5 Å². The summed E-state index contributed by atoms with van der Waals surface area (Å²) in [6.45, 7) is 1.16. The van der Waals surface area contributed by atoms with Crippen LogP contribution in [0.15, 0.2) is 16.8 Å². The number of nitrogens with one attached hydrogen (secondary N) is 1. The fourth-order valence-electron chi connectivity index (χ4n) is 0.918. The maximum atomic E-state index is 11.9. The Labute approximate surface area is 88.4 Å². The summed E-state index contributed by atoms with van der Waals surface area (Å²) in [6, 6.07) is 0. The molecule has 0 aromatic rings. The normalized spacial score (nSPS) is 13.1. The van der Waals surface area contributed by atoms with E-state index in [2.05, 4.69) is 9.73 Å². The van der Waals surface area contributed by atoms with Gasteiger partial charge in [0, 0.05) is 25.1 Å². The molecule has 0 fully saturated rings. The first kappa shape index (κ1) is 13.7. The second-order valence-electron chi connectivity index (χ2n) is 2.86. The van der Waals surface area contributed by atoms with Crippen molar-refractivity contribution >= 4 is 11.9 Å². The lowest BCUT2D eigenvalue weighted by Crippen LogP contribution is -2.01. The summed E-state index contributed by atoms with van der Waals surface area (Å²) in [7, 11) is 0. The zero-order valence-electron chi connectivity index (χ0n) is 8.96. The molecule has 0 heterocycles. The average molecular weight is 218 g/mol. The highest BCUT2D eigenvalue weighted by Crippen LogP contribution is 2.09. The molecule has 0 aromatic carbocycles. The van der Waals surface area contributed by atoms with E-state index in [1.165, 1.54) is 12.3 Å². The Bertz CT molecular complexity index is 250. The lowest BCUT2D eigenvalue weighted by atomic mass is 10.3. The lowest BCUT2D eigenvalue weighted by Gasteiger charge is -2.06. The van der Waals surface area contributed by atoms with Gasteiger partial charge in [0.05, 0.1) is 0 Å². The third-order valence-electron chi connectivity index (χ3n) is 1.59. The number of alkyl halides is 2. The van der Waals surface area contributed by atoms with Crippen LogP contribution in [0.4, 0.5) is 8.78 Å². The van der Waals surface area contributed by atoms with Crippen LogP contribution in [-0.2, 0) is 4.74 Å². The fraction of sp³-hybridized carbons (Fsp3) is 0.600. The van der Waals surface area contributed by atoms with Crippen molar-refractivity contribution in [2.24, 2.45) is 4.99 Å². The van der Waals surface area contributed by atoms with E-state index in [-0.39, 0.29) is 5.76 Å². The Morgan fingerprint density at radius 1 is 1.53 bits per heavy atom. The van der Waals surface area contributed by atoms with Crippen LogP contribution < -0.4 is 0 Å². The Balaban J connectivity index is 4.26. The fourth-order valence-corrected chi connectivity index (χ4v) is 0.918. The van der Waals surface area contributed by atoms with Gasteiger partial charge in [-0.1, -0.05) is 6.92 Å². The number of hydrogen-bond donors (Lipinski definition) is 1. The number of aliphatic imine (C=N–C) groups is 1. The molecule has 86 valence electrons. The minimum absolute atomic E-state index is 0.223. The Kier molecular flexibility index (Phi) is 7.40. The molecule has 0 radical (unpaired) electrons. The van der Waals surface area contributed by atoms with E-state index < -0.39 is 6.61 Å². The summed E-state index contributed by atoms with van der Waals surface area (Å²) >= 11 is 0. The third kappa shape index (κ3) is 7.78. The quantitative estimate of drug-likeness (QED) is 0.398. The maximum Gasteiger partial charge on any atom is 0.387 e. The van der Waals surface area contributed by atoms with Crippen LogP contribution in [0.5, 0.6) is 0 Å². The van der Waals surface area contributed by atoms with Crippen molar-refractivity contribution in [3.63, 3.8) is 0 Å². The number of ether oxygens (including phenoxy) is 1. The zero-order chi connectivity index (χ0) is 11.7. The molecule has 0 aromatic heterocycles. The molecule has 0 atom stereocenters. The van der Waals surface area contributed by atoms with Crippen LogP contribution in [0.25, 0.3) is 0 Å². The molecular formula is C10H16F2N2O. The van der Waals surface area contributed by atoms with Gasteiger partial charge >= 0.3 is 6.61 Å². The molecule has 5 heteroatoms. The van der Waals surface area contributed by atoms with Crippen molar-refractivity contribution in [1.29, 1.82) is 5.41 Å². The SMILES string of the molecule is CC/C(=C\C(C)=N/CCC=N)OC(F)F. The average Bonchev–Trinajstić information content (AvgIpc) is 2.16. The molecule has 0 aliphatic carbocycles. The van der Waals surface area contributed by atoms with E-state index in [9.17, 15) is 8.78 Å². The van der Waals surface area contributed by atoms with Crippen molar-refractivity contribution in [2.45, 2.75) is 33.3 Å². The summed E-state index contributed by atoms with van der Waals surface area (Å²) in [5, 5.41) is 6.78. The first-order chi connectivity index (χ1) is 7.10. The molecular weight excluding hydrogens is 202 g/mol. The maximum absolute atomic E-state index is 11.9. The molecule has 0 amide bonds. The summed E-state index contributed by atoms with van der Waals surface area (Å²) < 4.78 is 28.1. The van der Waals surface area contributed by atoms with Crippen LogP contribution in [0.2, 0.25) is 0 Å². The predicted molar refractivity (Wildman–Crippen MR) is 56.8 cm³/mol. The van der Waals surface area contributed by atoms with Crippen LogP contribution in [0, 0.1) is 5.41 Å². The van der Waals surface area contributed by atoms with Gasteiger partial charge in [0.1, 0.15) is 5.76 Å². The number of allylic oxidation sites excluding steroid dienone is 2. The summed E-state index contributed by atoms with van der Waals surface area (Å²) in [5.41, 5.74) is 0.634. The molecule has 0 saturated heterocycles. The highest BCUT2D eigenvalue weighted by molar-refractivity contribution is 5.93. The molecule has 0 saturated carbocycles. The number of rotatable bonds is 7. The summed E-state index contributed by atoms with van der Waals surface area (Å²) in [4.78, 5) is 4.07. The first-order valence-electron chi connectivity index (χ1n) is 4.75. The molecule has 0 aliphatic heterocycles. The highest BCUT2D eigenvalue weighted by atomic mass is 19.3. The van der Waals surface area contributed by atoms with Gasteiger partial charge in [0.2, 0.25) is 0 Å². The van der Waals surface area contributed by atoms with Crippen molar-refractivity contribution in [2.75, 3.05) is 6.54 Å². The van der Waals surface area contributed by atoms with Gasteiger partial charge in [-0.25, -0.2) is 0 Å². The van der Waals surface area contributed by atoms with Gasteiger partial charge in [0.15, 0.2) is 0 Å². The predicted octanol–water partition coefficient (Wildman–Crippen LogP) is 3.02. The Hall–Kier alpha value is -1.26. The monoisotopic (exact) mass is 218 g/mol. The molecule has 0 rings (SSSR count). The Morgan fingerprint density at radius 3 is 2.67 bits per heavy atom. The minimum atomic E-state index is -2.79. The molecule has 0 spiro atoms. The van der Waals surface area contributed by atoms with Crippen molar-refractivity contribution in [3.8, 4) is 0 Å². The summed E-state index contributed by atoms with van der Waals surface area (Å²) in [5.74, 6) is 0.223. The van der Waals surface area contributed by atoms with E-state index in [0.29, 0.717) is 25.1 Å². The Morgan fingerprint density at radius 2 is 2.20 bits per heavy atom. The van der Waals surface area contributed by atoms with Gasteiger partial charge in [-0.2, -0.15) is 8.78 Å². The van der Waals surface area contributed by atoms with E-state index in [1.54, 1.807) is 13.8 Å². The molecule has 15 heavy (non-hydrogen) atoms. The van der Waals surface area contributed by atoms with Gasteiger partial charge in [-0.05, 0) is 19.2 Å². The van der Waals surface area contributed by atoms with Crippen LogP contribution in [-0.4, -0.2) is 25.1 Å². The van der Waals surface area contributed by atoms with Gasteiger partial charge in [-0.3, -0.25) is 4.99 Å². The second-order valence-corrected chi connectivity index (χ2v) is 2.86. The van der Waals surface area contributed by atoms with E-state index in [0.717, 1.165) is 0 Å². The van der Waals surface area contributed by atoms with E-state index in [1.807, 2.05) is 0 Å². The van der Waals surface area contributed by atoms with Gasteiger partial charge < -0.3 is 10.1 Å². The van der Waals surface area contributed by atoms with E-state index >= 15 is 0 Å². The lowest BCUT2D eigenvalue weighted by molar-refractivity contribution is -0.0977. The molecule has 0 bridgehead atoms. The van der Waals surface area contributed by atoms with Crippen molar-refractivity contribution in [3.05, 3.63) is 11.8 Å². The van der Waals surface area contributed by atoms with Gasteiger partial charge in [0.25, 0.3) is 0 Å². The number of hydrogen-bond acceptors (Lipinski definition) is 3. The number of nitrogens with zero attached hydrogens (tertiary/aromatic N) is 1. The van der Waals surface area contributed by atoms with E-state index in [4.69, 9.17) is 5.41 Å². The van der Waals surface area contributed by atoms with Crippen LogP contribution in [0.1, 0.15) is 26.7 Å². The zero-order valence-corrected chi connectivity index (χ0v) is 8.96. The molecule has 3 nitrogen and oxygen atoms in total. The highest BCUT2D eigenvalue weighted by Gasteiger charge is 2.05. The third-order valence-corrected chi connectivity index (χ3v) is 1.59. The molecule has 0 aliphatic rings. The summed E-state index contributed by atoms with van der Waals surface area (Å²) in [6.07, 6.45) is 3.72. The van der Waals surface area contributed by atoms with Crippen LogP contribution in [0.3, 0.4) is 0 Å². The minimum Gasteiger partial charge on any atom is -0.439 e. The first-order valence-corrected chi connectivity index (χ1v) is 4.75. The standard InChI is InChI=1S/C10H16F2N2O/c1-3-9(15-10(11)12)7-8(2)14-6-4-5-13/h5,7,10,13H,3-4,6H2,1-2H3/b9-7+,13-5?,14-8-. The van der Waals surface area contributed by atoms with Crippen molar-refractivity contribution in [1.82, 2.24) is 0 Å². The second kappa shape index (κ2) is 8.08. The topological polar surface area (TPSA) is 45.4 Å². The smallest absolute Gasteiger partial charge is 0.387 e. The molecule has 0 unspecified atom stereocenters. The molecule has 1 N–H and O–H groups in total. The van der Waals surface area contributed by atoms with Gasteiger partial charge in [-0.15, -0.1) is 0 Å². The number of halogens is 2.